The standard InChI is InChI=1S/C10H13ClN4OS/c11-8-7(9(12)14-16)1-2-13-10(8)15-3-5-17-6-4-15/h1-2,16H,3-6H2,(H2,12,14). The molecule has 0 amide bonds. The number of nitrogens with zero attached hydrogens (tertiary/aromatic N) is 3. The average molecular weight is 273 g/mol. The molecule has 1 fully saturated rings. The Morgan fingerprint density at radius 1 is 1.53 bits per heavy atom. The monoisotopic (exact) mass is 272 g/mol. The summed E-state index contributed by atoms with van der Waals surface area (Å²) >= 11 is 8.15. The summed E-state index contributed by atoms with van der Waals surface area (Å²) in [5, 5.41) is 12.1. The Bertz CT molecular complexity index is 434. The topological polar surface area (TPSA) is 74.7 Å². The van der Waals surface area contributed by atoms with E-state index in [0.29, 0.717) is 16.4 Å². The molecule has 17 heavy (non-hydrogen) atoms. The largest absolute Gasteiger partial charge is 0.409 e. The molecular formula is C10H13ClN4OS. The summed E-state index contributed by atoms with van der Waals surface area (Å²) in [5.74, 6) is 2.83. The Kier molecular flexibility index (Phi) is 3.96. The first-order valence-corrected chi connectivity index (χ1v) is 6.72. The first-order valence-electron chi connectivity index (χ1n) is 5.19. The van der Waals surface area contributed by atoms with Gasteiger partial charge in [-0.05, 0) is 6.07 Å². The van der Waals surface area contributed by atoms with Gasteiger partial charge in [0.25, 0.3) is 0 Å². The van der Waals surface area contributed by atoms with Gasteiger partial charge in [0, 0.05) is 36.4 Å². The molecule has 0 saturated carbocycles. The summed E-state index contributed by atoms with van der Waals surface area (Å²) in [4.78, 5) is 6.39. The number of thioether (sulfide) groups is 1. The highest BCUT2D eigenvalue weighted by Crippen LogP contribution is 2.28. The van der Waals surface area contributed by atoms with Crippen molar-refractivity contribution in [1.29, 1.82) is 0 Å². The van der Waals surface area contributed by atoms with Crippen molar-refractivity contribution in [2.75, 3.05) is 29.5 Å². The maximum absolute atomic E-state index is 8.68. The number of aromatic nitrogens is 1. The highest BCUT2D eigenvalue weighted by Gasteiger charge is 2.18. The van der Waals surface area contributed by atoms with Crippen LogP contribution in [0.4, 0.5) is 5.82 Å². The number of anilines is 1. The van der Waals surface area contributed by atoms with Crippen LogP contribution < -0.4 is 10.6 Å². The number of pyridine rings is 1. The van der Waals surface area contributed by atoms with Crippen molar-refractivity contribution in [2.24, 2.45) is 10.9 Å². The summed E-state index contributed by atoms with van der Waals surface area (Å²) in [5.41, 5.74) is 6.07. The van der Waals surface area contributed by atoms with Crippen molar-refractivity contribution in [3.8, 4) is 0 Å². The van der Waals surface area contributed by atoms with Gasteiger partial charge in [-0.25, -0.2) is 4.98 Å². The third kappa shape index (κ3) is 2.58. The minimum absolute atomic E-state index is 0.00466. The lowest BCUT2D eigenvalue weighted by Crippen LogP contribution is -2.33. The number of rotatable bonds is 2. The molecule has 92 valence electrons. The van der Waals surface area contributed by atoms with Crippen molar-refractivity contribution in [1.82, 2.24) is 4.98 Å². The molecule has 0 spiro atoms. The van der Waals surface area contributed by atoms with Crippen LogP contribution in [0.25, 0.3) is 0 Å². The van der Waals surface area contributed by atoms with E-state index >= 15 is 0 Å². The zero-order chi connectivity index (χ0) is 12.3. The van der Waals surface area contributed by atoms with E-state index in [1.165, 1.54) is 0 Å². The van der Waals surface area contributed by atoms with Crippen molar-refractivity contribution in [3.63, 3.8) is 0 Å². The van der Waals surface area contributed by atoms with Gasteiger partial charge in [0.05, 0.1) is 5.02 Å². The molecule has 0 aliphatic carbocycles. The summed E-state index contributed by atoms with van der Waals surface area (Å²) in [6.45, 7) is 1.83. The quantitative estimate of drug-likeness (QED) is 0.368. The van der Waals surface area contributed by atoms with E-state index in [9.17, 15) is 0 Å². The number of hydrogen-bond acceptors (Lipinski definition) is 5. The maximum atomic E-state index is 8.68. The molecule has 1 aromatic heterocycles. The second-order valence-corrected chi connectivity index (χ2v) is 5.18. The number of nitrogens with two attached hydrogens (primary N) is 1. The molecule has 0 unspecified atom stereocenters. The van der Waals surface area contributed by atoms with Crippen molar-refractivity contribution < 1.29 is 5.21 Å². The molecule has 0 aromatic carbocycles. The molecule has 0 bridgehead atoms. The Labute approximate surface area is 109 Å². The molecule has 2 rings (SSSR count). The minimum atomic E-state index is 0.00466. The predicted octanol–water partition coefficient (Wildman–Crippen LogP) is 1.38. The molecule has 7 heteroatoms. The van der Waals surface area contributed by atoms with E-state index in [2.05, 4.69) is 15.0 Å². The second-order valence-electron chi connectivity index (χ2n) is 3.58. The van der Waals surface area contributed by atoms with Gasteiger partial charge < -0.3 is 15.8 Å². The molecular weight excluding hydrogens is 260 g/mol. The molecule has 1 saturated heterocycles. The van der Waals surface area contributed by atoms with E-state index in [1.807, 2.05) is 11.8 Å². The number of hydrogen-bond donors (Lipinski definition) is 2. The Morgan fingerprint density at radius 2 is 2.24 bits per heavy atom. The van der Waals surface area contributed by atoms with Gasteiger partial charge >= 0.3 is 0 Å². The van der Waals surface area contributed by atoms with Crippen molar-refractivity contribution in [2.45, 2.75) is 0 Å². The van der Waals surface area contributed by atoms with Crippen LogP contribution in [-0.4, -0.2) is 40.6 Å². The molecule has 1 aliphatic rings. The van der Waals surface area contributed by atoms with Gasteiger partial charge in [0.1, 0.15) is 5.82 Å². The van der Waals surface area contributed by atoms with Crippen LogP contribution in [0.15, 0.2) is 17.4 Å². The van der Waals surface area contributed by atoms with Gasteiger partial charge in [-0.2, -0.15) is 11.8 Å². The third-order valence-corrected chi connectivity index (χ3v) is 3.88. The average Bonchev–Trinajstić information content (AvgIpc) is 2.39. The van der Waals surface area contributed by atoms with Crippen LogP contribution in [-0.2, 0) is 0 Å². The lowest BCUT2D eigenvalue weighted by molar-refractivity contribution is 0.318. The normalized spacial score (nSPS) is 17.2. The third-order valence-electron chi connectivity index (χ3n) is 2.57. The highest BCUT2D eigenvalue weighted by atomic mass is 35.5. The smallest absolute Gasteiger partial charge is 0.171 e. The Hall–Kier alpha value is -1.14. The lowest BCUT2D eigenvalue weighted by atomic mass is 10.2. The van der Waals surface area contributed by atoms with Gasteiger partial charge in [-0.1, -0.05) is 16.8 Å². The fourth-order valence-corrected chi connectivity index (χ4v) is 2.91. The maximum Gasteiger partial charge on any atom is 0.171 e. The van der Waals surface area contributed by atoms with E-state index in [1.54, 1.807) is 12.3 Å². The first kappa shape index (κ1) is 12.3. The first-order chi connectivity index (χ1) is 8.24. The molecule has 2 heterocycles. The van der Waals surface area contributed by atoms with Crippen LogP contribution in [0, 0.1) is 0 Å². The summed E-state index contributed by atoms with van der Waals surface area (Å²) in [6, 6.07) is 1.64. The van der Waals surface area contributed by atoms with E-state index < -0.39 is 0 Å². The number of halogens is 1. The van der Waals surface area contributed by atoms with Crippen LogP contribution in [0.5, 0.6) is 0 Å². The highest BCUT2D eigenvalue weighted by molar-refractivity contribution is 7.99. The van der Waals surface area contributed by atoms with Gasteiger partial charge in [-0.15, -0.1) is 0 Å². The number of amidine groups is 1. The Balaban J connectivity index is 2.34. The second kappa shape index (κ2) is 5.46. The summed E-state index contributed by atoms with van der Waals surface area (Å²) in [7, 11) is 0. The van der Waals surface area contributed by atoms with E-state index in [0.717, 1.165) is 24.6 Å². The zero-order valence-electron chi connectivity index (χ0n) is 9.14. The zero-order valence-corrected chi connectivity index (χ0v) is 10.7. The molecule has 5 nitrogen and oxygen atoms in total. The van der Waals surface area contributed by atoms with Crippen molar-refractivity contribution >= 4 is 35.0 Å². The van der Waals surface area contributed by atoms with Crippen molar-refractivity contribution in [3.05, 3.63) is 22.8 Å². The Morgan fingerprint density at radius 3 is 2.88 bits per heavy atom. The fourth-order valence-electron chi connectivity index (χ4n) is 1.68. The minimum Gasteiger partial charge on any atom is -0.409 e. The predicted molar refractivity (Wildman–Crippen MR) is 71.3 cm³/mol. The van der Waals surface area contributed by atoms with Crippen LogP contribution in [0.1, 0.15) is 5.56 Å². The summed E-state index contributed by atoms with van der Waals surface area (Å²) < 4.78 is 0. The van der Waals surface area contributed by atoms with Crippen LogP contribution in [0.2, 0.25) is 5.02 Å². The SMILES string of the molecule is N/C(=N/O)c1ccnc(N2CCSCC2)c1Cl. The molecule has 1 aliphatic heterocycles. The van der Waals surface area contributed by atoms with Gasteiger partial charge in [0.15, 0.2) is 5.84 Å². The van der Waals surface area contributed by atoms with Crippen LogP contribution in [0.3, 0.4) is 0 Å². The molecule has 0 radical (unpaired) electrons. The van der Waals surface area contributed by atoms with Crippen LogP contribution >= 0.6 is 23.4 Å². The fraction of sp³-hybridized carbons (Fsp3) is 0.400. The van der Waals surface area contributed by atoms with E-state index in [-0.39, 0.29) is 5.84 Å². The lowest BCUT2D eigenvalue weighted by Gasteiger charge is -2.28. The van der Waals surface area contributed by atoms with Gasteiger partial charge in [0.2, 0.25) is 0 Å². The molecule has 3 N–H and O–H groups in total. The number of oxime groups is 1. The van der Waals surface area contributed by atoms with E-state index in [4.69, 9.17) is 22.5 Å². The molecule has 0 atom stereocenters. The van der Waals surface area contributed by atoms with Gasteiger partial charge in [-0.3, -0.25) is 0 Å². The summed E-state index contributed by atoms with van der Waals surface area (Å²) in [6.07, 6.45) is 1.62. The molecule has 1 aromatic rings.